The molecule has 0 amide bonds. The van der Waals surface area contributed by atoms with Crippen LogP contribution < -0.4 is 5.32 Å². The molecule has 1 aromatic heterocycles. The van der Waals surface area contributed by atoms with Crippen LogP contribution in [-0.4, -0.2) is 13.5 Å². The fraction of sp³-hybridized carbons (Fsp3) is 0. The zero-order valence-corrected chi connectivity index (χ0v) is 28.8. The molecule has 49 heavy (non-hydrogen) atoms. The van der Waals surface area contributed by atoms with Gasteiger partial charge in [0.1, 0.15) is 0 Å². The molecule has 1 aliphatic heterocycles. The van der Waals surface area contributed by atoms with Gasteiger partial charge >= 0.3 is 0 Å². The molecule has 6 aromatic carbocycles. The third-order valence-corrected chi connectivity index (χ3v) is 10.9. The molecule has 0 fully saturated rings. The second kappa shape index (κ2) is 14.2. The lowest BCUT2D eigenvalue weighted by atomic mass is 9.92. The number of rotatable bonds is 8. The highest BCUT2D eigenvalue weighted by atomic mass is 127. The maximum absolute atomic E-state index is 5.21. The second-order valence-electron chi connectivity index (χ2n) is 11.7. The minimum atomic E-state index is -0.333. The molecule has 0 unspecified atom stereocenters. The van der Waals surface area contributed by atoms with Gasteiger partial charge in [0, 0.05) is 25.8 Å². The van der Waals surface area contributed by atoms with Crippen LogP contribution >= 0.6 is 20.7 Å². The first-order valence-corrected chi connectivity index (χ1v) is 18.6. The summed E-state index contributed by atoms with van der Waals surface area (Å²) < 4.78 is 3.66. The van der Waals surface area contributed by atoms with Crippen molar-refractivity contribution in [3.05, 3.63) is 192 Å². The molecule has 0 bridgehead atoms. The topological polar surface area (TPSA) is 37.8 Å². The summed E-state index contributed by atoms with van der Waals surface area (Å²) in [6, 6.07) is 57.4. The van der Waals surface area contributed by atoms with E-state index in [4.69, 9.17) is 9.97 Å². The summed E-state index contributed by atoms with van der Waals surface area (Å²) in [5.74, 6) is 0.557. The highest BCUT2D eigenvalue weighted by Gasteiger charge is 2.19. The molecule has 0 spiro atoms. The van der Waals surface area contributed by atoms with Gasteiger partial charge in [0.2, 0.25) is 5.95 Å². The van der Waals surface area contributed by atoms with Crippen molar-refractivity contribution in [1.29, 1.82) is 0 Å². The first-order chi connectivity index (χ1) is 24.3. The Labute approximate surface area is 297 Å². The van der Waals surface area contributed by atoms with E-state index in [1.54, 1.807) is 0 Å². The van der Waals surface area contributed by atoms with E-state index in [0.29, 0.717) is 5.95 Å². The molecule has 0 saturated heterocycles. The van der Waals surface area contributed by atoms with Crippen molar-refractivity contribution in [3.63, 3.8) is 0 Å². The van der Waals surface area contributed by atoms with Gasteiger partial charge in [-0.1, -0.05) is 172 Å². The van der Waals surface area contributed by atoms with E-state index in [9.17, 15) is 0 Å². The van der Waals surface area contributed by atoms with E-state index in [0.717, 1.165) is 44.9 Å². The molecular formula is C45H32IN3. The van der Waals surface area contributed by atoms with Crippen molar-refractivity contribution in [1.82, 2.24) is 9.97 Å². The summed E-state index contributed by atoms with van der Waals surface area (Å²) in [6.07, 6.45) is 6.56. The molecule has 4 heteroatoms. The molecule has 234 valence electrons. The summed E-state index contributed by atoms with van der Waals surface area (Å²) in [6.45, 7) is 0. The molecular weight excluding hydrogens is 709 g/mol. The van der Waals surface area contributed by atoms with Gasteiger partial charge in [-0.3, -0.25) is 0 Å². The Hall–Kier alpha value is -5.72. The van der Waals surface area contributed by atoms with Crippen LogP contribution in [0.5, 0.6) is 0 Å². The Morgan fingerprint density at radius 3 is 1.57 bits per heavy atom. The number of allylic oxidation sites excluding steroid dienone is 3. The van der Waals surface area contributed by atoms with Crippen molar-refractivity contribution < 1.29 is 0 Å². The van der Waals surface area contributed by atoms with Gasteiger partial charge in [0.25, 0.3) is 0 Å². The minimum absolute atomic E-state index is 0.333. The Kier molecular flexibility index (Phi) is 8.86. The van der Waals surface area contributed by atoms with Crippen molar-refractivity contribution in [3.8, 4) is 55.9 Å². The summed E-state index contributed by atoms with van der Waals surface area (Å²) in [5, 5.41) is 3.80. The van der Waals surface area contributed by atoms with Crippen molar-refractivity contribution in [2.24, 2.45) is 0 Å². The van der Waals surface area contributed by atoms with Crippen molar-refractivity contribution >= 4 is 35.9 Å². The molecule has 0 aliphatic carbocycles. The van der Waals surface area contributed by atoms with Gasteiger partial charge in [-0.25, -0.2) is 9.97 Å². The number of benzene rings is 6. The number of hydrogen-bond donors (Lipinski definition) is 1. The number of nitrogens with one attached hydrogen (secondary N) is 1. The Balaban J connectivity index is 1.33. The summed E-state index contributed by atoms with van der Waals surface area (Å²) in [4.78, 5) is 10.4. The molecule has 0 radical (unpaired) electrons. The Morgan fingerprint density at radius 1 is 0.408 bits per heavy atom. The number of hydrogen-bond acceptors (Lipinski definition) is 3. The van der Waals surface area contributed by atoms with E-state index in [-0.39, 0.29) is 20.7 Å². The molecule has 3 nitrogen and oxygen atoms in total. The summed E-state index contributed by atoms with van der Waals surface area (Å²) >= 11 is -0.333. The fourth-order valence-electron chi connectivity index (χ4n) is 6.09. The molecule has 2 heterocycles. The van der Waals surface area contributed by atoms with E-state index in [1.165, 1.54) is 25.8 Å². The number of anilines is 2. The first-order valence-electron chi connectivity index (χ1n) is 16.3. The zero-order valence-electron chi connectivity index (χ0n) is 26.7. The van der Waals surface area contributed by atoms with E-state index >= 15 is 0 Å². The summed E-state index contributed by atoms with van der Waals surface area (Å²) in [7, 11) is 0. The van der Waals surface area contributed by atoms with E-state index < -0.39 is 0 Å². The minimum Gasteiger partial charge on any atom is -0.323 e. The Morgan fingerprint density at radius 2 is 0.939 bits per heavy atom. The lowest BCUT2D eigenvalue weighted by molar-refractivity contribution is 1.17. The maximum Gasteiger partial charge on any atom is 0.228 e. The predicted octanol–water partition coefficient (Wildman–Crippen LogP) is 12.1. The molecule has 7 aromatic rings. The highest BCUT2D eigenvalue weighted by molar-refractivity contribution is 14.2. The summed E-state index contributed by atoms with van der Waals surface area (Å²) in [5.41, 5.74) is 12.9. The SMILES string of the molecule is C1=CI=C(c2cc(-c3ccccc3)cc(-c3ccccc3)c2Nc2nc(-c3ccccc3)cc(-c3cccc(-c4ccccc4)c3)n2)C=C1. The standard InChI is InChI=1S/C45H32IN3/c1-5-16-32(17-6-1)36-24-15-25-37(28-36)43-31-42(35-22-11-4-12-23-35)47-45(48-43)49-44-39(34-20-9-3-10-21-34)29-38(33-18-7-2-8-19-33)30-40(44)41-26-13-14-27-46-41/h1-31H,(H,47,48,49). The lowest BCUT2D eigenvalue weighted by Gasteiger charge is -2.20. The van der Waals surface area contributed by atoms with Crippen molar-refractivity contribution in [2.75, 3.05) is 5.32 Å². The van der Waals surface area contributed by atoms with Crippen LogP contribution in [0.25, 0.3) is 55.9 Å². The van der Waals surface area contributed by atoms with E-state index in [2.05, 4.69) is 179 Å². The smallest absolute Gasteiger partial charge is 0.228 e. The van der Waals surface area contributed by atoms with Gasteiger partial charge in [-0.15, -0.1) is 0 Å². The quantitative estimate of drug-likeness (QED) is 0.158. The van der Waals surface area contributed by atoms with Gasteiger partial charge in [0.15, 0.2) is 0 Å². The van der Waals surface area contributed by atoms with Crippen LogP contribution in [0, 0.1) is 0 Å². The van der Waals surface area contributed by atoms with Gasteiger partial charge in [-0.2, -0.15) is 0 Å². The van der Waals surface area contributed by atoms with Crippen LogP contribution in [0.2, 0.25) is 0 Å². The predicted molar refractivity (Wildman–Crippen MR) is 215 cm³/mol. The molecule has 8 rings (SSSR count). The Bertz CT molecular complexity index is 2330. The number of aromatic nitrogens is 2. The maximum atomic E-state index is 5.21. The third kappa shape index (κ3) is 6.82. The lowest BCUT2D eigenvalue weighted by Crippen LogP contribution is -2.07. The number of halogens is 1. The highest BCUT2D eigenvalue weighted by Crippen LogP contribution is 2.40. The molecule has 0 saturated carbocycles. The second-order valence-corrected chi connectivity index (χ2v) is 14.2. The van der Waals surface area contributed by atoms with Gasteiger partial charge < -0.3 is 5.32 Å². The van der Waals surface area contributed by atoms with Gasteiger partial charge in [-0.05, 0) is 62.2 Å². The fourth-order valence-corrected chi connectivity index (χ4v) is 8.10. The third-order valence-electron chi connectivity index (χ3n) is 8.49. The zero-order chi connectivity index (χ0) is 32.8. The van der Waals surface area contributed by atoms with E-state index in [1.807, 2.05) is 12.1 Å². The van der Waals surface area contributed by atoms with Crippen LogP contribution in [-0.2, 0) is 0 Å². The van der Waals surface area contributed by atoms with Crippen LogP contribution in [0.15, 0.2) is 186 Å². The normalized spacial score (nSPS) is 12.2. The molecule has 1 aliphatic rings. The average Bonchev–Trinajstić information content (AvgIpc) is 3.19. The van der Waals surface area contributed by atoms with Gasteiger partial charge in [0.05, 0.1) is 17.1 Å². The average molecular weight is 742 g/mol. The van der Waals surface area contributed by atoms with Crippen LogP contribution in [0.3, 0.4) is 0 Å². The first kappa shape index (κ1) is 30.6. The number of nitrogens with zero attached hydrogens (tertiary/aromatic N) is 2. The monoisotopic (exact) mass is 741 g/mol. The van der Waals surface area contributed by atoms with Crippen LogP contribution in [0.1, 0.15) is 5.56 Å². The van der Waals surface area contributed by atoms with Crippen molar-refractivity contribution in [2.45, 2.75) is 0 Å². The molecule has 0 atom stereocenters. The molecule has 1 N–H and O–H groups in total. The van der Waals surface area contributed by atoms with Crippen LogP contribution in [0.4, 0.5) is 11.6 Å². The largest absolute Gasteiger partial charge is 0.323 e.